The van der Waals surface area contributed by atoms with Crippen LogP contribution in [0.25, 0.3) is 21.5 Å². The van der Waals surface area contributed by atoms with Crippen molar-refractivity contribution in [1.29, 1.82) is 0 Å². The maximum absolute atomic E-state index is 8.93. The molecular formula is C24H23BO3. The van der Waals surface area contributed by atoms with Crippen molar-refractivity contribution in [3.63, 3.8) is 0 Å². The van der Waals surface area contributed by atoms with Gasteiger partial charge in [0.05, 0.1) is 0 Å². The minimum atomic E-state index is -1.71. The number of benzene rings is 4. The third-order valence-corrected chi connectivity index (χ3v) is 5.30. The highest BCUT2D eigenvalue weighted by atomic mass is 16.6. The molecule has 4 aromatic carbocycles. The average molecular weight is 370 g/mol. The van der Waals surface area contributed by atoms with Gasteiger partial charge in [0.1, 0.15) is 0 Å². The molecule has 4 heteroatoms. The van der Waals surface area contributed by atoms with Crippen molar-refractivity contribution in [2.24, 2.45) is 0 Å². The summed E-state index contributed by atoms with van der Waals surface area (Å²) in [5, 5.41) is 22.9. The molecule has 0 saturated heterocycles. The van der Waals surface area contributed by atoms with Crippen LogP contribution in [0.2, 0.25) is 0 Å². The summed E-state index contributed by atoms with van der Waals surface area (Å²) in [6, 6.07) is 29.9. The fourth-order valence-electron chi connectivity index (χ4n) is 4.03. The molecule has 0 aromatic heterocycles. The minimum absolute atomic E-state index is 0.213. The molecule has 0 amide bonds. The molecule has 0 fully saturated rings. The minimum Gasteiger partial charge on any atom is -0.402 e. The van der Waals surface area contributed by atoms with Gasteiger partial charge in [-0.2, -0.15) is 0 Å². The van der Waals surface area contributed by atoms with Crippen molar-refractivity contribution < 1.29 is 14.7 Å². The zero-order valence-electron chi connectivity index (χ0n) is 15.7. The van der Waals surface area contributed by atoms with Gasteiger partial charge in [-0.3, -0.25) is 0 Å². The predicted octanol–water partition coefficient (Wildman–Crippen LogP) is 4.89. The van der Waals surface area contributed by atoms with Gasteiger partial charge >= 0.3 is 7.32 Å². The summed E-state index contributed by atoms with van der Waals surface area (Å²) < 4.78 is 4.92. The van der Waals surface area contributed by atoms with Crippen molar-refractivity contribution in [2.45, 2.75) is 18.8 Å². The fourth-order valence-corrected chi connectivity index (χ4v) is 4.03. The normalized spacial score (nSPS) is 12.4. The molecule has 4 rings (SSSR count). The van der Waals surface area contributed by atoms with Gasteiger partial charge < -0.3 is 14.7 Å². The van der Waals surface area contributed by atoms with Crippen molar-refractivity contribution in [2.75, 3.05) is 6.61 Å². The number of rotatable bonds is 7. The first-order valence-corrected chi connectivity index (χ1v) is 9.67. The van der Waals surface area contributed by atoms with E-state index in [0.29, 0.717) is 6.61 Å². The summed E-state index contributed by atoms with van der Waals surface area (Å²) in [7, 11) is -1.71. The molecule has 0 bridgehead atoms. The summed E-state index contributed by atoms with van der Waals surface area (Å²) >= 11 is 0. The lowest BCUT2D eigenvalue weighted by molar-refractivity contribution is 0.181. The quantitative estimate of drug-likeness (QED) is 0.277. The Bertz CT molecular complexity index is 1060. The predicted molar refractivity (Wildman–Crippen MR) is 115 cm³/mol. The van der Waals surface area contributed by atoms with Crippen LogP contribution in [0.3, 0.4) is 0 Å². The van der Waals surface area contributed by atoms with Crippen LogP contribution in [0.15, 0.2) is 84.9 Å². The van der Waals surface area contributed by atoms with Crippen molar-refractivity contribution in [3.05, 3.63) is 96.1 Å². The van der Waals surface area contributed by atoms with Gasteiger partial charge in [-0.05, 0) is 45.5 Å². The first kappa shape index (κ1) is 18.7. The Kier molecular flexibility index (Phi) is 5.72. The van der Waals surface area contributed by atoms with E-state index in [9.17, 15) is 0 Å². The molecule has 0 spiro atoms. The molecule has 0 radical (unpaired) electrons. The van der Waals surface area contributed by atoms with E-state index in [-0.39, 0.29) is 5.92 Å². The highest BCUT2D eigenvalue weighted by molar-refractivity contribution is 6.32. The van der Waals surface area contributed by atoms with E-state index in [0.717, 1.165) is 12.8 Å². The highest BCUT2D eigenvalue weighted by Crippen LogP contribution is 2.36. The lowest BCUT2D eigenvalue weighted by Gasteiger charge is -2.21. The van der Waals surface area contributed by atoms with Crippen LogP contribution in [0.4, 0.5) is 0 Å². The Morgan fingerprint density at radius 1 is 0.714 bits per heavy atom. The molecule has 0 aliphatic heterocycles. The molecule has 140 valence electrons. The van der Waals surface area contributed by atoms with Crippen LogP contribution in [0.5, 0.6) is 0 Å². The largest absolute Gasteiger partial charge is 0.633 e. The van der Waals surface area contributed by atoms with E-state index in [1.807, 2.05) is 6.07 Å². The third kappa shape index (κ3) is 3.95. The van der Waals surface area contributed by atoms with Gasteiger partial charge in [0, 0.05) is 12.5 Å². The summed E-state index contributed by atoms with van der Waals surface area (Å²) in [5.41, 5.74) is 2.55. The maximum Gasteiger partial charge on any atom is 0.633 e. The van der Waals surface area contributed by atoms with E-state index in [2.05, 4.69) is 78.9 Å². The van der Waals surface area contributed by atoms with E-state index >= 15 is 0 Å². The fraction of sp³-hybridized carbons (Fsp3) is 0.167. The van der Waals surface area contributed by atoms with E-state index in [1.54, 1.807) is 0 Å². The van der Waals surface area contributed by atoms with Crippen molar-refractivity contribution >= 4 is 28.9 Å². The molecule has 0 heterocycles. The van der Waals surface area contributed by atoms with Crippen LogP contribution in [0, 0.1) is 0 Å². The Morgan fingerprint density at radius 2 is 1.46 bits per heavy atom. The van der Waals surface area contributed by atoms with Gasteiger partial charge in [-0.15, -0.1) is 0 Å². The van der Waals surface area contributed by atoms with Gasteiger partial charge in [-0.1, -0.05) is 84.9 Å². The van der Waals surface area contributed by atoms with Crippen molar-refractivity contribution in [1.82, 2.24) is 0 Å². The lowest BCUT2D eigenvalue weighted by atomic mass is 9.84. The average Bonchev–Trinajstić information content (AvgIpc) is 2.74. The second kappa shape index (κ2) is 8.57. The first-order valence-electron chi connectivity index (χ1n) is 9.67. The monoisotopic (exact) mass is 370 g/mol. The molecule has 0 aliphatic rings. The van der Waals surface area contributed by atoms with Gasteiger partial charge in [0.25, 0.3) is 0 Å². The Labute approximate surface area is 165 Å². The molecule has 2 N–H and O–H groups in total. The van der Waals surface area contributed by atoms with Gasteiger partial charge in [0.15, 0.2) is 0 Å². The molecule has 0 aliphatic carbocycles. The van der Waals surface area contributed by atoms with E-state index in [4.69, 9.17) is 14.7 Å². The molecule has 3 nitrogen and oxygen atoms in total. The number of hydrogen-bond donors (Lipinski definition) is 2. The number of hydrogen-bond acceptors (Lipinski definition) is 3. The topological polar surface area (TPSA) is 49.7 Å². The van der Waals surface area contributed by atoms with Crippen LogP contribution >= 0.6 is 0 Å². The summed E-state index contributed by atoms with van der Waals surface area (Å²) in [6.07, 6.45) is 1.60. The summed E-state index contributed by atoms with van der Waals surface area (Å²) in [4.78, 5) is 0. The second-order valence-electron chi connectivity index (χ2n) is 7.03. The summed E-state index contributed by atoms with van der Waals surface area (Å²) in [6.45, 7) is 0.314. The Morgan fingerprint density at radius 3 is 2.29 bits per heavy atom. The highest BCUT2D eigenvalue weighted by Gasteiger charge is 2.18. The zero-order chi connectivity index (χ0) is 19.3. The molecule has 1 atom stereocenters. The maximum atomic E-state index is 8.93. The smallest absolute Gasteiger partial charge is 0.402 e. The molecular weight excluding hydrogens is 347 g/mol. The third-order valence-electron chi connectivity index (χ3n) is 5.30. The Hall–Kier alpha value is -2.66. The Balaban J connectivity index is 1.77. The lowest BCUT2D eigenvalue weighted by Crippen LogP contribution is -2.17. The van der Waals surface area contributed by atoms with Crippen LogP contribution in [-0.2, 0) is 4.65 Å². The van der Waals surface area contributed by atoms with Gasteiger partial charge in [-0.25, -0.2) is 0 Å². The van der Waals surface area contributed by atoms with Crippen LogP contribution < -0.4 is 0 Å². The summed E-state index contributed by atoms with van der Waals surface area (Å²) in [5.74, 6) is 0.213. The van der Waals surface area contributed by atoms with Crippen molar-refractivity contribution in [3.8, 4) is 0 Å². The van der Waals surface area contributed by atoms with Crippen LogP contribution in [0.1, 0.15) is 29.9 Å². The SMILES string of the molecule is OB(O)OCCCC(c1ccccc1)c1cccc2c1ccc1ccccc12. The number of fused-ring (bicyclic) bond motifs is 3. The molecule has 0 saturated carbocycles. The molecule has 28 heavy (non-hydrogen) atoms. The standard InChI is InChI=1S/C24H23BO3/c26-25(27)28-17-7-14-21(18-8-2-1-3-9-18)23-13-6-12-22-20-11-5-4-10-19(20)15-16-24(22)23/h1-6,8-13,15-16,21,26-27H,7,14,17H2. The zero-order valence-corrected chi connectivity index (χ0v) is 15.7. The second-order valence-corrected chi connectivity index (χ2v) is 7.03. The molecule has 1 unspecified atom stereocenters. The van der Waals surface area contributed by atoms with Crippen LogP contribution in [-0.4, -0.2) is 24.0 Å². The van der Waals surface area contributed by atoms with E-state index < -0.39 is 7.32 Å². The van der Waals surface area contributed by atoms with E-state index in [1.165, 1.54) is 32.7 Å². The van der Waals surface area contributed by atoms with Gasteiger partial charge in [0.2, 0.25) is 0 Å². The first-order chi connectivity index (χ1) is 13.7. The molecule has 4 aromatic rings.